The van der Waals surface area contributed by atoms with Crippen molar-refractivity contribution in [2.45, 2.75) is 38.6 Å². The minimum atomic E-state index is -0.128. The number of carbonyl (C=O) groups excluding carboxylic acids is 1. The molecule has 0 saturated carbocycles. The minimum absolute atomic E-state index is 0.0885. The summed E-state index contributed by atoms with van der Waals surface area (Å²) in [5, 5.41) is 10.1. The molecule has 1 atom stereocenters. The molecule has 7 heteroatoms. The van der Waals surface area contributed by atoms with Crippen LogP contribution < -0.4 is 0 Å². The van der Waals surface area contributed by atoms with Crippen LogP contribution in [0.15, 0.2) is 38.7 Å². The molecule has 6 nitrogen and oxygen atoms in total. The third kappa shape index (κ3) is 3.00. The zero-order valence-electron chi connectivity index (χ0n) is 14.1. The van der Waals surface area contributed by atoms with Gasteiger partial charge in [0.2, 0.25) is 0 Å². The molecular formula is C18H19N3O3S. The van der Waals surface area contributed by atoms with Crippen LogP contribution in [-0.2, 0) is 0 Å². The van der Waals surface area contributed by atoms with Crippen molar-refractivity contribution in [3.8, 4) is 10.6 Å². The molecule has 0 unspecified atom stereocenters. The molecule has 0 N–H and O–H groups in total. The second-order valence-electron chi connectivity index (χ2n) is 6.52. The summed E-state index contributed by atoms with van der Waals surface area (Å²) >= 11 is 1.55. The molecule has 1 aliphatic heterocycles. The maximum absolute atomic E-state index is 12.9. The highest BCUT2D eigenvalue weighted by molar-refractivity contribution is 7.13. The zero-order valence-corrected chi connectivity index (χ0v) is 15.0. The molecule has 0 spiro atoms. The molecule has 3 aromatic heterocycles. The molecule has 0 radical (unpaired) electrons. The van der Waals surface area contributed by atoms with Gasteiger partial charge in [0, 0.05) is 18.7 Å². The highest BCUT2D eigenvalue weighted by Gasteiger charge is 2.35. The molecule has 1 aliphatic rings. The molecule has 4 rings (SSSR count). The zero-order chi connectivity index (χ0) is 17.4. The van der Waals surface area contributed by atoms with E-state index in [0.29, 0.717) is 23.9 Å². The first kappa shape index (κ1) is 16.1. The van der Waals surface area contributed by atoms with Gasteiger partial charge in [0.25, 0.3) is 5.91 Å². The number of likely N-dealkylation sites (tertiary alicyclic amines) is 1. The quantitative estimate of drug-likeness (QED) is 0.688. The van der Waals surface area contributed by atoms with E-state index in [0.717, 1.165) is 29.2 Å². The summed E-state index contributed by atoms with van der Waals surface area (Å²) in [6, 6.07) is 7.47. The van der Waals surface area contributed by atoms with Crippen LogP contribution in [0.4, 0.5) is 0 Å². The van der Waals surface area contributed by atoms with Gasteiger partial charge in [-0.15, -0.1) is 11.3 Å². The Morgan fingerprint density at radius 3 is 2.92 bits per heavy atom. The first-order valence-electron chi connectivity index (χ1n) is 8.41. The van der Waals surface area contributed by atoms with Gasteiger partial charge in [-0.05, 0) is 30.2 Å². The summed E-state index contributed by atoms with van der Waals surface area (Å²) in [5.41, 5.74) is 1.25. The van der Waals surface area contributed by atoms with Gasteiger partial charge >= 0.3 is 0 Å². The summed E-state index contributed by atoms with van der Waals surface area (Å²) in [7, 11) is 0. The standard InChI is InChI=1S/C18H19N3O3S/c1-11(2)12-9-15(23-19-12)14-5-3-7-21(14)18(22)13-10-16(24-20-13)17-6-4-8-25-17/h4,6,8-11,14H,3,5,7H2,1-2H3/t14-/m0/s1. The van der Waals surface area contributed by atoms with Gasteiger partial charge in [-0.25, -0.2) is 0 Å². The van der Waals surface area contributed by atoms with Gasteiger partial charge in [0.1, 0.15) is 0 Å². The van der Waals surface area contributed by atoms with E-state index >= 15 is 0 Å². The van der Waals surface area contributed by atoms with Crippen molar-refractivity contribution in [2.75, 3.05) is 6.54 Å². The number of nitrogens with zero attached hydrogens (tertiary/aromatic N) is 3. The highest BCUT2D eigenvalue weighted by atomic mass is 32.1. The van der Waals surface area contributed by atoms with Crippen molar-refractivity contribution < 1.29 is 13.8 Å². The van der Waals surface area contributed by atoms with Crippen LogP contribution >= 0.6 is 11.3 Å². The van der Waals surface area contributed by atoms with Gasteiger partial charge in [-0.1, -0.05) is 30.2 Å². The van der Waals surface area contributed by atoms with Crippen molar-refractivity contribution in [2.24, 2.45) is 0 Å². The van der Waals surface area contributed by atoms with Crippen molar-refractivity contribution in [1.82, 2.24) is 15.2 Å². The van der Waals surface area contributed by atoms with Crippen LogP contribution in [0.1, 0.15) is 60.6 Å². The number of amides is 1. The van der Waals surface area contributed by atoms with Crippen LogP contribution in [0.25, 0.3) is 10.6 Å². The summed E-state index contributed by atoms with van der Waals surface area (Å²) < 4.78 is 10.8. The van der Waals surface area contributed by atoms with Crippen molar-refractivity contribution in [3.05, 3.63) is 46.8 Å². The number of hydrogen-bond donors (Lipinski definition) is 0. The van der Waals surface area contributed by atoms with Crippen molar-refractivity contribution in [3.63, 3.8) is 0 Å². The molecule has 130 valence electrons. The van der Waals surface area contributed by atoms with Crippen molar-refractivity contribution >= 4 is 17.2 Å². The Bertz CT molecular complexity index is 866. The predicted molar refractivity (Wildman–Crippen MR) is 93.4 cm³/mol. The number of aromatic nitrogens is 2. The average Bonchev–Trinajstić information content (AvgIpc) is 3.41. The monoisotopic (exact) mass is 357 g/mol. The smallest absolute Gasteiger partial charge is 0.276 e. The van der Waals surface area contributed by atoms with E-state index in [2.05, 4.69) is 24.2 Å². The molecule has 1 amide bonds. The summed E-state index contributed by atoms with van der Waals surface area (Å²) in [5.74, 6) is 1.54. The van der Waals surface area contributed by atoms with E-state index in [4.69, 9.17) is 9.05 Å². The topological polar surface area (TPSA) is 72.4 Å². The third-order valence-electron chi connectivity index (χ3n) is 4.47. The maximum atomic E-state index is 12.9. The number of thiophene rings is 1. The molecule has 25 heavy (non-hydrogen) atoms. The van der Waals surface area contributed by atoms with E-state index in [-0.39, 0.29) is 11.9 Å². The molecule has 0 aromatic carbocycles. The number of hydrogen-bond acceptors (Lipinski definition) is 6. The van der Waals surface area contributed by atoms with E-state index < -0.39 is 0 Å². The largest absolute Gasteiger partial charge is 0.359 e. The summed E-state index contributed by atoms with van der Waals surface area (Å²) in [4.78, 5) is 15.7. The Morgan fingerprint density at radius 2 is 2.20 bits per heavy atom. The SMILES string of the molecule is CC(C)c1cc([C@@H]2CCCN2C(=O)c2cc(-c3cccs3)on2)on1. The predicted octanol–water partition coefficient (Wildman–Crippen LogP) is 4.49. The lowest BCUT2D eigenvalue weighted by Gasteiger charge is -2.21. The maximum Gasteiger partial charge on any atom is 0.276 e. The molecule has 4 heterocycles. The van der Waals surface area contributed by atoms with E-state index in [9.17, 15) is 4.79 Å². The lowest BCUT2D eigenvalue weighted by atomic mass is 10.1. The summed E-state index contributed by atoms with van der Waals surface area (Å²) in [6.45, 7) is 4.82. The Labute approximate surface area is 149 Å². The fraction of sp³-hybridized carbons (Fsp3) is 0.389. The van der Waals surface area contributed by atoms with Crippen LogP contribution in [0, 0.1) is 0 Å². The summed E-state index contributed by atoms with van der Waals surface area (Å²) in [6.07, 6.45) is 1.80. The lowest BCUT2D eigenvalue weighted by molar-refractivity contribution is 0.0704. The normalized spacial score (nSPS) is 17.6. The van der Waals surface area contributed by atoms with Crippen LogP contribution in [-0.4, -0.2) is 27.7 Å². The van der Waals surface area contributed by atoms with Gasteiger partial charge in [0.15, 0.2) is 17.2 Å². The number of rotatable bonds is 4. The van der Waals surface area contributed by atoms with Crippen LogP contribution in [0.2, 0.25) is 0 Å². The first-order valence-corrected chi connectivity index (χ1v) is 9.29. The van der Waals surface area contributed by atoms with Crippen LogP contribution in [0.5, 0.6) is 0 Å². The molecule has 1 fully saturated rings. The Morgan fingerprint density at radius 1 is 1.32 bits per heavy atom. The fourth-order valence-electron chi connectivity index (χ4n) is 3.10. The molecular weight excluding hydrogens is 338 g/mol. The molecule has 0 bridgehead atoms. The molecule has 1 saturated heterocycles. The minimum Gasteiger partial charge on any atom is -0.359 e. The Balaban J connectivity index is 1.56. The van der Waals surface area contributed by atoms with E-state index in [1.165, 1.54) is 0 Å². The Kier molecular flexibility index (Phi) is 4.17. The van der Waals surface area contributed by atoms with Gasteiger partial charge in [0.05, 0.1) is 16.6 Å². The Hall–Kier alpha value is -2.41. The van der Waals surface area contributed by atoms with E-state index in [1.807, 2.05) is 23.6 Å². The highest BCUT2D eigenvalue weighted by Crippen LogP contribution is 2.35. The molecule has 0 aliphatic carbocycles. The van der Waals surface area contributed by atoms with E-state index in [1.54, 1.807) is 22.3 Å². The third-order valence-corrected chi connectivity index (χ3v) is 5.36. The van der Waals surface area contributed by atoms with Crippen LogP contribution in [0.3, 0.4) is 0 Å². The van der Waals surface area contributed by atoms with Gasteiger partial charge < -0.3 is 13.9 Å². The first-order chi connectivity index (χ1) is 12.1. The average molecular weight is 357 g/mol. The number of carbonyl (C=O) groups is 1. The molecule has 3 aromatic rings. The fourth-order valence-corrected chi connectivity index (χ4v) is 3.77. The van der Waals surface area contributed by atoms with Gasteiger partial charge in [-0.3, -0.25) is 4.79 Å². The second-order valence-corrected chi connectivity index (χ2v) is 7.47. The second kappa shape index (κ2) is 6.48. The van der Waals surface area contributed by atoms with Crippen molar-refractivity contribution in [1.29, 1.82) is 0 Å². The van der Waals surface area contributed by atoms with Gasteiger partial charge in [-0.2, -0.15) is 0 Å². The lowest BCUT2D eigenvalue weighted by Crippen LogP contribution is -2.30.